The fraction of sp³-hybridized carbons (Fsp3) is 0.294. The average Bonchev–Trinajstić information content (AvgIpc) is 3.03. The van der Waals surface area contributed by atoms with Crippen LogP contribution in [-0.4, -0.2) is 39.3 Å². The largest absolute Gasteiger partial charge is 0.325 e. The molecule has 0 unspecified atom stereocenters. The summed E-state index contributed by atoms with van der Waals surface area (Å²) in [6, 6.07) is 4.24. The number of nitrogens with zero attached hydrogens (tertiary/aromatic N) is 3. The second-order valence-electron chi connectivity index (χ2n) is 5.85. The third-order valence-corrected chi connectivity index (χ3v) is 4.38. The predicted octanol–water partition coefficient (Wildman–Crippen LogP) is 3.34. The Labute approximate surface area is 155 Å². The van der Waals surface area contributed by atoms with Crippen molar-refractivity contribution in [3.05, 3.63) is 52.0 Å². The van der Waals surface area contributed by atoms with E-state index in [4.69, 9.17) is 23.2 Å². The number of carbonyl (C=O) groups excluding carboxylic acids is 2. The van der Waals surface area contributed by atoms with E-state index in [0.717, 1.165) is 12.1 Å². The summed E-state index contributed by atoms with van der Waals surface area (Å²) >= 11 is 11.9. The molecule has 1 aliphatic heterocycles. The Bertz CT molecular complexity index is 791. The van der Waals surface area contributed by atoms with Crippen molar-refractivity contribution in [3.8, 4) is 0 Å². The molecule has 3 rings (SSSR count). The molecule has 25 heavy (non-hydrogen) atoms. The monoisotopic (exact) mass is 378 g/mol. The lowest BCUT2D eigenvalue weighted by Gasteiger charge is -2.23. The van der Waals surface area contributed by atoms with Crippen molar-refractivity contribution < 1.29 is 9.59 Å². The maximum absolute atomic E-state index is 12.6. The highest BCUT2D eigenvalue weighted by atomic mass is 35.5. The quantitative estimate of drug-likeness (QED) is 0.888. The highest BCUT2D eigenvalue weighted by molar-refractivity contribution is 6.35. The number of amides is 2. The Morgan fingerprint density at radius 1 is 1.16 bits per heavy atom. The van der Waals surface area contributed by atoms with Crippen molar-refractivity contribution in [2.24, 2.45) is 0 Å². The molecule has 1 N–H and O–H groups in total. The fourth-order valence-electron chi connectivity index (χ4n) is 2.78. The number of rotatable bonds is 3. The number of likely N-dealkylation sites (tertiary alicyclic amines) is 1. The minimum Gasteiger partial charge on any atom is -0.325 e. The van der Waals surface area contributed by atoms with Crippen molar-refractivity contribution in [2.75, 3.05) is 11.9 Å². The summed E-state index contributed by atoms with van der Waals surface area (Å²) in [4.78, 5) is 35.0. The van der Waals surface area contributed by atoms with E-state index in [1.54, 1.807) is 25.1 Å². The molecule has 1 saturated heterocycles. The van der Waals surface area contributed by atoms with Gasteiger partial charge in [0.2, 0.25) is 5.91 Å². The zero-order valence-electron chi connectivity index (χ0n) is 13.5. The molecule has 0 spiro atoms. The molecule has 1 aromatic heterocycles. The summed E-state index contributed by atoms with van der Waals surface area (Å²) in [5.74, 6) is -0.571. The number of benzene rings is 1. The van der Waals surface area contributed by atoms with Gasteiger partial charge in [-0.25, -0.2) is 4.98 Å². The summed E-state index contributed by atoms with van der Waals surface area (Å²) in [7, 11) is 0. The number of nitrogens with one attached hydrogen (secondary N) is 1. The van der Waals surface area contributed by atoms with Gasteiger partial charge in [0.25, 0.3) is 5.91 Å². The van der Waals surface area contributed by atoms with E-state index in [0.29, 0.717) is 28.7 Å². The van der Waals surface area contributed by atoms with Crippen molar-refractivity contribution in [3.63, 3.8) is 0 Å². The van der Waals surface area contributed by atoms with Gasteiger partial charge >= 0.3 is 0 Å². The minimum absolute atomic E-state index is 0.233. The summed E-state index contributed by atoms with van der Waals surface area (Å²) < 4.78 is 0. The summed E-state index contributed by atoms with van der Waals surface area (Å²) in [6.07, 6.45) is 4.30. The molecular formula is C17H16Cl2N4O2. The molecule has 130 valence electrons. The van der Waals surface area contributed by atoms with Crippen LogP contribution in [0.1, 0.15) is 29.0 Å². The smallest absolute Gasteiger partial charge is 0.274 e. The average molecular weight is 379 g/mol. The van der Waals surface area contributed by atoms with E-state index in [1.807, 2.05) is 0 Å². The predicted molar refractivity (Wildman–Crippen MR) is 95.9 cm³/mol. The van der Waals surface area contributed by atoms with Crippen LogP contribution in [0.15, 0.2) is 30.6 Å². The van der Waals surface area contributed by atoms with Crippen LogP contribution in [0.3, 0.4) is 0 Å². The summed E-state index contributed by atoms with van der Waals surface area (Å²) in [5, 5.41) is 3.63. The normalized spacial score (nSPS) is 16.8. The van der Waals surface area contributed by atoms with E-state index in [-0.39, 0.29) is 17.5 Å². The van der Waals surface area contributed by atoms with Crippen LogP contribution in [0.4, 0.5) is 5.69 Å². The van der Waals surface area contributed by atoms with E-state index in [1.165, 1.54) is 17.3 Å². The molecule has 0 radical (unpaired) electrons. The molecule has 1 fully saturated rings. The Balaban J connectivity index is 1.75. The molecule has 1 atom stereocenters. The van der Waals surface area contributed by atoms with Crippen molar-refractivity contribution in [2.45, 2.75) is 25.8 Å². The zero-order chi connectivity index (χ0) is 18.0. The van der Waals surface area contributed by atoms with Crippen molar-refractivity contribution >= 4 is 40.7 Å². The Morgan fingerprint density at radius 2 is 1.88 bits per heavy atom. The number of halogens is 2. The van der Waals surface area contributed by atoms with Gasteiger partial charge in [0.1, 0.15) is 11.7 Å². The summed E-state index contributed by atoms with van der Waals surface area (Å²) in [5.41, 5.74) is 1.46. The molecule has 2 amide bonds. The molecule has 2 heterocycles. The fourth-order valence-corrected chi connectivity index (χ4v) is 3.31. The van der Waals surface area contributed by atoms with Crippen molar-refractivity contribution in [1.82, 2.24) is 14.9 Å². The minimum atomic E-state index is -0.562. The van der Waals surface area contributed by atoms with Crippen LogP contribution in [0, 0.1) is 6.92 Å². The number of aromatic nitrogens is 2. The lowest BCUT2D eigenvalue weighted by Crippen LogP contribution is -2.43. The van der Waals surface area contributed by atoms with Crippen molar-refractivity contribution in [1.29, 1.82) is 0 Å². The van der Waals surface area contributed by atoms with Gasteiger partial charge < -0.3 is 10.2 Å². The lowest BCUT2D eigenvalue weighted by molar-refractivity contribution is -0.119. The highest BCUT2D eigenvalue weighted by Gasteiger charge is 2.35. The zero-order valence-corrected chi connectivity index (χ0v) is 15.0. The number of hydrogen-bond donors (Lipinski definition) is 1. The number of aryl methyl sites for hydroxylation is 1. The molecule has 1 aromatic carbocycles. The molecule has 0 saturated carbocycles. The number of hydrogen-bond acceptors (Lipinski definition) is 4. The van der Waals surface area contributed by atoms with Crippen LogP contribution in [0.25, 0.3) is 0 Å². The first kappa shape index (κ1) is 17.6. The first-order valence-corrected chi connectivity index (χ1v) is 8.56. The third kappa shape index (κ3) is 4.08. The topological polar surface area (TPSA) is 75.2 Å². The molecule has 6 nitrogen and oxygen atoms in total. The van der Waals surface area contributed by atoms with E-state index in [9.17, 15) is 9.59 Å². The van der Waals surface area contributed by atoms with Gasteiger partial charge in [-0.2, -0.15) is 0 Å². The van der Waals surface area contributed by atoms with Gasteiger partial charge in [-0.1, -0.05) is 23.2 Å². The van der Waals surface area contributed by atoms with E-state index >= 15 is 0 Å². The highest BCUT2D eigenvalue weighted by Crippen LogP contribution is 2.25. The molecule has 1 aliphatic rings. The van der Waals surface area contributed by atoms with Crippen LogP contribution >= 0.6 is 23.2 Å². The number of anilines is 1. The Morgan fingerprint density at radius 3 is 2.52 bits per heavy atom. The molecule has 0 bridgehead atoms. The molecule has 2 aromatic rings. The lowest BCUT2D eigenvalue weighted by atomic mass is 10.2. The molecular weight excluding hydrogens is 363 g/mol. The molecule has 8 heteroatoms. The number of carbonyl (C=O) groups is 2. The van der Waals surface area contributed by atoms with E-state index < -0.39 is 6.04 Å². The van der Waals surface area contributed by atoms with E-state index in [2.05, 4.69) is 15.3 Å². The maximum atomic E-state index is 12.6. The first-order valence-electron chi connectivity index (χ1n) is 7.80. The van der Waals surface area contributed by atoms with Gasteiger partial charge in [-0.05, 0) is 38.0 Å². The summed E-state index contributed by atoms with van der Waals surface area (Å²) in [6.45, 7) is 2.30. The van der Waals surface area contributed by atoms with Gasteiger partial charge in [0, 0.05) is 28.5 Å². The first-order chi connectivity index (χ1) is 11.9. The standard InChI is InChI=1S/C17H16Cl2N4O2/c1-10-8-21-14(9-20-10)17(25)23-4-2-3-15(23)16(24)22-13-6-11(18)5-12(19)7-13/h5-9,15H,2-4H2,1H3,(H,22,24)/t15-/m1/s1. The van der Waals surface area contributed by atoms with Crippen LogP contribution in [-0.2, 0) is 4.79 Å². The maximum Gasteiger partial charge on any atom is 0.274 e. The van der Waals surface area contributed by atoms with Gasteiger partial charge in [-0.15, -0.1) is 0 Å². The van der Waals surface area contributed by atoms with Gasteiger partial charge in [-0.3, -0.25) is 14.6 Å². The molecule has 0 aliphatic carbocycles. The Kier molecular flexibility index (Phi) is 5.20. The second-order valence-corrected chi connectivity index (χ2v) is 6.72. The Hall–Kier alpha value is -2.18. The SMILES string of the molecule is Cc1cnc(C(=O)N2CCC[C@@H]2C(=O)Nc2cc(Cl)cc(Cl)c2)cn1. The van der Waals surface area contributed by atoms with Gasteiger partial charge in [0.15, 0.2) is 0 Å². The van der Waals surface area contributed by atoms with Crippen LogP contribution < -0.4 is 5.32 Å². The third-order valence-electron chi connectivity index (χ3n) is 3.95. The second kappa shape index (κ2) is 7.37. The van der Waals surface area contributed by atoms with Gasteiger partial charge in [0.05, 0.1) is 11.9 Å². The van der Waals surface area contributed by atoms with Crippen LogP contribution in [0.5, 0.6) is 0 Å². The van der Waals surface area contributed by atoms with Crippen LogP contribution in [0.2, 0.25) is 10.0 Å².